The molecule has 0 unspecified atom stereocenters. The smallest absolute Gasteiger partial charge is 0.366 e. The summed E-state index contributed by atoms with van der Waals surface area (Å²) < 4.78 is 6.67. The molecular formula is C11H5N5O2. The van der Waals surface area contributed by atoms with Crippen molar-refractivity contribution in [1.29, 1.82) is 0 Å². The predicted octanol–water partition coefficient (Wildman–Crippen LogP) is 0.779. The third-order valence-electron chi connectivity index (χ3n) is 2.74. The highest BCUT2D eigenvalue weighted by Crippen LogP contribution is 2.20. The van der Waals surface area contributed by atoms with E-state index in [1.54, 1.807) is 12.1 Å². The van der Waals surface area contributed by atoms with Crippen LogP contribution in [0.2, 0.25) is 0 Å². The minimum absolute atomic E-state index is 0.145. The van der Waals surface area contributed by atoms with Crippen molar-refractivity contribution in [3.8, 4) is 0 Å². The molecule has 0 radical (unpaired) electrons. The molecule has 18 heavy (non-hydrogen) atoms. The summed E-state index contributed by atoms with van der Waals surface area (Å²) in [6.45, 7) is 0. The number of benzene rings is 1. The fourth-order valence-electron chi connectivity index (χ4n) is 1.98. The lowest BCUT2D eigenvalue weighted by Gasteiger charge is -2.01. The highest BCUT2D eigenvalue weighted by Gasteiger charge is 2.13. The monoisotopic (exact) mass is 239 g/mol. The van der Waals surface area contributed by atoms with Crippen LogP contribution in [0, 0.1) is 0 Å². The molecule has 0 N–H and O–H groups in total. The number of hydrogen-bond donors (Lipinski definition) is 0. The SMILES string of the molecule is O=c1oc2ccccc2c2c1nnc1ncnn12. The molecule has 86 valence electrons. The number of nitrogens with zero attached hydrogens (tertiary/aromatic N) is 5. The molecule has 0 bridgehead atoms. The molecule has 0 saturated carbocycles. The van der Waals surface area contributed by atoms with E-state index in [-0.39, 0.29) is 5.52 Å². The minimum Gasteiger partial charge on any atom is -0.421 e. The van der Waals surface area contributed by atoms with Crippen molar-refractivity contribution in [2.45, 2.75) is 0 Å². The van der Waals surface area contributed by atoms with Gasteiger partial charge in [0.1, 0.15) is 17.4 Å². The van der Waals surface area contributed by atoms with Gasteiger partial charge in [-0.1, -0.05) is 12.1 Å². The normalized spacial score (nSPS) is 11.6. The van der Waals surface area contributed by atoms with Gasteiger partial charge < -0.3 is 4.42 Å². The van der Waals surface area contributed by atoms with Crippen molar-refractivity contribution >= 4 is 27.8 Å². The van der Waals surface area contributed by atoms with Gasteiger partial charge in [0.05, 0.1) is 0 Å². The van der Waals surface area contributed by atoms with Gasteiger partial charge in [0.25, 0.3) is 5.78 Å². The van der Waals surface area contributed by atoms with Gasteiger partial charge in [-0.15, -0.1) is 10.2 Å². The van der Waals surface area contributed by atoms with Gasteiger partial charge >= 0.3 is 5.63 Å². The fourth-order valence-corrected chi connectivity index (χ4v) is 1.98. The molecule has 0 aliphatic carbocycles. The molecule has 4 aromatic rings. The molecule has 0 saturated heterocycles. The molecule has 0 spiro atoms. The molecule has 1 aromatic carbocycles. The van der Waals surface area contributed by atoms with E-state index in [4.69, 9.17) is 4.42 Å². The molecule has 0 aliphatic heterocycles. The minimum atomic E-state index is -0.534. The second-order valence-electron chi connectivity index (χ2n) is 3.75. The van der Waals surface area contributed by atoms with E-state index in [0.29, 0.717) is 16.9 Å². The molecule has 0 aliphatic rings. The molecule has 7 heteroatoms. The van der Waals surface area contributed by atoms with Crippen LogP contribution in [0.1, 0.15) is 0 Å². The second-order valence-corrected chi connectivity index (χ2v) is 3.75. The van der Waals surface area contributed by atoms with Crippen LogP contribution in [-0.4, -0.2) is 24.8 Å². The number of rotatable bonds is 0. The van der Waals surface area contributed by atoms with E-state index in [2.05, 4.69) is 20.3 Å². The van der Waals surface area contributed by atoms with Gasteiger partial charge in [0.2, 0.25) is 0 Å². The van der Waals surface area contributed by atoms with Crippen LogP contribution in [-0.2, 0) is 0 Å². The molecule has 3 aromatic heterocycles. The lowest BCUT2D eigenvalue weighted by Crippen LogP contribution is -2.07. The summed E-state index contributed by atoms with van der Waals surface area (Å²) in [4.78, 5) is 15.8. The van der Waals surface area contributed by atoms with Gasteiger partial charge in [-0.05, 0) is 12.1 Å². The molecule has 4 rings (SSSR count). The first kappa shape index (κ1) is 9.23. The van der Waals surface area contributed by atoms with E-state index in [1.165, 1.54) is 10.8 Å². The van der Waals surface area contributed by atoms with Gasteiger partial charge in [0, 0.05) is 5.39 Å². The van der Waals surface area contributed by atoms with Crippen LogP contribution in [0.25, 0.3) is 27.8 Å². The molecular weight excluding hydrogens is 234 g/mol. The van der Waals surface area contributed by atoms with E-state index in [1.807, 2.05) is 12.1 Å². The Morgan fingerprint density at radius 1 is 1.17 bits per heavy atom. The zero-order valence-corrected chi connectivity index (χ0v) is 8.94. The molecule has 7 nitrogen and oxygen atoms in total. The van der Waals surface area contributed by atoms with Gasteiger partial charge in [-0.25, -0.2) is 4.79 Å². The van der Waals surface area contributed by atoms with Crippen LogP contribution in [0.15, 0.2) is 39.8 Å². The van der Waals surface area contributed by atoms with Gasteiger partial charge in [0.15, 0.2) is 5.52 Å². The summed E-state index contributed by atoms with van der Waals surface area (Å²) in [5.74, 6) is 0.346. The highest BCUT2D eigenvalue weighted by atomic mass is 16.4. The largest absolute Gasteiger partial charge is 0.421 e. The maximum atomic E-state index is 11.8. The maximum absolute atomic E-state index is 11.8. The Morgan fingerprint density at radius 3 is 3.00 bits per heavy atom. The Morgan fingerprint density at radius 2 is 2.06 bits per heavy atom. The zero-order valence-electron chi connectivity index (χ0n) is 8.94. The number of hydrogen-bond acceptors (Lipinski definition) is 6. The summed E-state index contributed by atoms with van der Waals surface area (Å²) in [5, 5.41) is 12.5. The van der Waals surface area contributed by atoms with Crippen molar-refractivity contribution in [3.63, 3.8) is 0 Å². The third kappa shape index (κ3) is 1.05. The van der Waals surface area contributed by atoms with Crippen LogP contribution in [0.4, 0.5) is 0 Å². The van der Waals surface area contributed by atoms with Crippen molar-refractivity contribution in [2.24, 2.45) is 0 Å². The van der Waals surface area contributed by atoms with Crippen molar-refractivity contribution in [3.05, 3.63) is 41.0 Å². The van der Waals surface area contributed by atoms with Crippen LogP contribution in [0.5, 0.6) is 0 Å². The summed E-state index contributed by atoms with van der Waals surface area (Å²) in [6.07, 6.45) is 1.37. The first-order valence-electron chi connectivity index (χ1n) is 5.22. The molecule has 0 amide bonds. The predicted molar refractivity (Wildman–Crippen MR) is 62.1 cm³/mol. The Bertz CT molecular complexity index is 956. The van der Waals surface area contributed by atoms with Crippen LogP contribution >= 0.6 is 0 Å². The van der Waals surface area contributed by atoms with Crippen LogP contribution < -0.4 is 5.63 Å². The van der Waals surface area contributed by atoms with E-state index < -0.39 is 5.63 Å². The Kier molecular flexibility index (Phi) is 1.59. The molecule has 0 atom stereocenters. The average molecular weight is 239 g/mol. The lowest BCUT2D eigenvalue weighted by molar-refractivity contribution is 0.566. The summed E-state index contributed by atoms with van der Waals surface area (Å²) in [5.41, 5.74) is 0.657. The topological polar surface area (TPSA) is 86.2 Å². The quantitative estimate of drug-likeness (QED) is 0.333. The number of para-hydroxylation sites is 1. The van der Waals surface area contributed by atoms with Gasteiger partial charge in [-0.3, -0.25) is 0 Å². The third-order valence-corrected chi connectivity index (χ3v) is 2.74. The molecule has 3 heterocycles. The second kappa shape index (κ2) is 3.10. The summed E-state index contributed by atoms with van der Waals surface area (Å²) in [6, 6.07) is 7.21. The lowest BCUT2D eigenvalue weighted by atomic mass is 10.2. The van der Waals surface area contributed by atoms with Crippen LogP contribution in [0.3, 0.4) is 0 Å². The van der Waals surface area contributed by atoms with Crippen molar-refractivity contribution in [2.75, 3.05) is 0 Å². The maximum Gasteiger partial charge on any atom is 0.366 e. The van der Waals surface area contributed by atoms with Crippen molar-refractivity contribution in [1.82, 2.24) is 24.8 Å². The Labute approximate surface area is 98.7 Å². The zero-order chi connectivity index (χ0) is 12.1. The van der Waals surface area contributed by atoms with E-state index >= 15 is 0 Å². The summed E-state index contributed by atoms with van der Waals surface area (Å²) in [7, 11) is 0. The highest BCUT2D eigenvalue weighted by molar-refractivity contribution is 6.00. The molecule has 0 fully saturated rings. The Hall–Kier alpha value is -2.83. The van der Waals surface area contributed by atoms with Crippen molar-refractivity contribution < 1.29 is 4.42 Å². The number of fused-ring (bicyclic) bond motifs is 5. The number of aromatic nitrogens is 5. The summed E-state index contributed by atoms with van der Waals surface area (Å²) >= 11 is 0. The first-order chi connectivity index (χ1) is 8.84. The first-order valence-corrected chi connectivity index (χ1v) is 5.22. The Balaban J connectivity index is 2.47. The van der Waals surface area contributed by atoms with Gasteiger partial charge in [-0.2, -0.15) is 14.6 Å². The fraction of sp³-hybridized carbons (Fsp3) is 0. The van der Waals surface area contributed by atoms with E-state index in [0.717, 1.165) is 5.39 Å². The average Bonchev–Trinajstić information content (AvgIpc) is 2.86. The standard InChI is InChI=1S/C11H5N5O2/c17-10-8-9(6-3-1-2-4-7(6)18-10)16-11(15-14-8)12-5-13-16/h1-5H. The van der Waals surface area contributed by atoms with E-state index in [9.17, 15) is 4.79 Å².